The van der Waals surface area contributed by atoms with Crippen LogP contribution in [0.1, 0.15) is 23.6 Å². The minimum absolute atomic E-state index is 0.0690. The molecule has 2 N–H and O–H groups in total. The number of nitrogens with one attached hydrogen (secondary N) is 2. The van der Waals surface area contributed by atoms with Crippen molar-refractivity contribution in [2.24, 2.45) is 0 Å². The molecule has 0 aliphatic rings. The van der Waals surface area contributed by atoms with E-state index in [4.69, 9.17) is 4.74 Å². The van der Waals surface area contributed by atoms with E-state index in [1.54, 1.807) is 0 Å². The van der Waals surface area contributed by atoms with Gasteiger partial charge in [-0.1, -0.05) is 36.4 Å². The molecule has 0 fully saturated rings. The van der Waals surface area contributed by atoms with Gasteiger partial charge in [0, 0.05) is 24.8 Å². The molecule has 0 heterocycles. The zero-order valence-electron chi connectivity index (χ0n) is 15.7. The molecule has 0 radical (unpaired) electrons. The van der Waals surface area contributed by atoms with Crippen LogP contribution >= 0.6 is 0 Å². The van der Waals surface area contributed by atoms with Gasteiger partial charge in [-0.15, -0.1) is 0 Å². The Labute approximate surface area is 160 Å². The first-order valence-corrected chi connectivity index (χ1v) is 8.98. The normalized spacial score (nSPS) is 10.3. The van der Waals surface area contributed by atoms with Crippen molar-refractivity contribution in [1.82, 2.24) is 0 Å². The number of rotatable bonds is 7. The molecule has 0 aliphatic carbocycles. The lowest BCUT2D eigenvalue weighted by molar-refractivity contribution is -0.114. The van der Waals surface area contributed by atoms with E-state index < -0.39 is 0 Å². The minimum atomic E-state index is -0.0690. The van der Waals surface area contributed by atoms with Gasteiger partial charge in [-0.3, -0.25) is 4.79 Å². The van der Waals surface area contributed by atoms with Crippen LogP contribution in [0.15, 0.2) is 72.8 Å². The van der Waals surface area contributed by atoms with E-state index in [-0.39, 0.29) is 5.91 Å². The fourth-order valence-corrected chi connectivity index (χ4v) is 2.72. The van der Waals surface area contributed by atoms with E-state index in [0.29, 0.717) is 6.61 Å². The lowest BCUT2D eigenvalue weighted by atomic mass is 10.1. The van der Waals surface area contributed by atoms with Crippen LogP contribution in [0, 0.1) is 6.92 Å². The summed E-state index contributed by atoms with van der Waals surface area (Å²) in [6, 6.07) is 24.0. The molecular formula is C23H24N2O2. The van der Waals surface area contributed by atoms with Gasteiger partial charge in [0.1, 0.15) is 12.4 Å². The van der Waals surface area contributed by atoms with Crippen molar-refractivity contribution in [3.63, 3.8) is 0 Å². The molecule has 0 aliphatic heterocycles. The molecule has 0 saturated heterocycles. The van der Waals surface area contributed by atoms with E-state index in [1.165, 1.54) is 23.6 Å². The summed E-state index contributed by atoms with van der Waals surface area (Å²) in [6.07, 6.45) is 0. The van der Waals surface area contributed by atoms with Crippen molar-refractivity contribution in [2.45, 2.75) is 27.0 Å². The molecule has 27 heavy (non-hydrogen) atoms. The third kappa shape index (κ3) is 5.61. The summed E-state index contributed by atoms with van der Waals surface area (Å²) in [4.78, 5) is 11.0. The molecule has 3 aromatic carbocycles. The molecule has 4 heteroatoms. The van der Waals surface area contributed by atoms with Gasteiger partial charge in [-0.25, -0.2) is 0 Å². The van der Waals surface area contributed by atoms with E-state index >= 15 is 0 Å². The fraction of sp³-hybridized carbons (Fsp3) is 0.174. The van der Waals surface area contributed by atoms with Gasteiger partial charge in [0.25, 0.3) is 0 Å². The summed E-state index contributed by atoms with van der Waals surface area (Å²) in [5.41, 5.74) is 5.41. The average Bonchev–Trinajstić information content (AvgIpc) is 2.67. The molecule has 1 amide bonds. The quantitative estimate of drug-likeness (QED) is 0.613. The Kier molecular flexibility index (Phi) is 6.10. The van der Waals surface area contributed by atoms with E-state index in [1.807, 2.05) is 48.5 Å². The highest BCUT2D eigenvalue weighted by Gasteiger charge is 2.01. The van der Waals surface area contributed by atoms with Crippen molar-refractivity contribution in [1.29, 1.82) is 0 Å². The maximum absolute atomic E-state index is 11.0. The predicted octanol–water partition coefficient (Wildman–Crippen LogP) is 5.14. The molecule has 3 aromatic rings. The number of ether oxygens (including phenoxy) is 1. The highest BCUT2D eigenvalue weighted by Crippen LogP contribution is 2.18. The number of carbonyl (C=O) groups excluding carboxylic acids is 1. The zero-order chi connectivity index (χ0) is 19.1. The number of hydrogen-bond acceptors (Lipinski definition) is 3. The maximum Gasteiger partial charge on any atom is 0.221 e. The molecule has 0 bridgehead atoms. The number of aryl methyl sites for hydroxylation is 1. The van der Waals surface area contributed by atoms with Gasteiger partial charge in [0.05, 0.1) is 0 Å². The number of benzene rings is 3. The summed E-state index contributed by atoms with van der Waals surface area (Å²) in [5, 5.41) is 6.13. The van der Waals surface area contributed by atoms with Crippen LogP contribution in [0.2, 0.25) is 0 Å². The molecule has 0 aromatic heterocycles. The molecule has 4 nitrogen and oxygen atoms in total. The maximum atomic E-state index is 11.0. The Balaban J connectivity index is 1.50. The summed E-state index contributed by atoms with van der Waals surface area (Å²) in [6.45, 7) is 4.89. The largest absolute Gasteiger partial charge is 0.489 e. The van der Waals surface area contributed by atoms with E-state index in [9.17, 15) is 4.79 Å². The second kappa shape index (κ2) is 8.90. The van der Waals surface area contributed by atoms with Crippen LogP contribution in [0.25, 0.3) is 0 Å². The number of anilines is 2. The van der Waals surface area contributed by atoms with Crippen LogP contribution in [0.4, 0.5) is 11.4 Å². The zero-order valence-corrected chi connectivity index (χ0v) is 15.7. The summed E-state index contributed by atoms with van der Waals surface area (Å²) in [5.74, 6) is 0.794. The van der Waals surface area contributed by atoms with Gasteiger partial charge < -0.3 is 15.4 Å². The van der Waals surface area contributed by atoms with Crippen LogP contribution in [-0.4, -0.2) is 5.91 Å². The molecule has 0 saturated carbocycles. The monoisotopic (exact) mass is 360 g/mol. The molecular weight excluding hydrogens is 336 g/mol. The first-order chi connectivity index (χ1) is 13.1. The number of amides is 1. The number of hydrogen-bond donors (Lipinski definition) is 2. The van der Waals surface area contributed by atoms with Crippen LogP contribution in [-0.2, 0) is 17.9 Å². The Morgan fingerprint density at radius 3 is 2.22 bits per heavy atom. The van der Waals surface area contributed by atoms with Crippen molar-refractivity contribution in [3.8, 4) is 5.75 Å². The van der Waals surface area contributed by atoms with Gasteiger partial charge in [0.15, 0.2) is 0 Å². The molecule has 0 spiro atoms. The highest BCUT2D eigenvalue weighted by atomic mass is 16.5. The number of carbonyl (C=O) groups is 1. The second-order valence-corrected chi connectivity index (χ2v) is 6.47. The molecule has 0 atom stereocenters. The van der Waals surface area contributed by atoms with Gasteiger partial charge in [0.2, 0.25) is 5.91 Å². The molecule has 3 rings (SSSR count). The van der Waals surface area contributed by atoms with Gasteiger partial charge in [-0.2, -0.15) is 0 Å². The van der Waals surface area contributed by atoms with Crippen molar-refractivity contribution >= 4 is 17.3 Å². The first-order valence-electron chi connectivity index (χ1n) is 8.98. The summed E-state index contributed by atoms with van der Waals surface area (Å²) < 4.78 is 5.88. The highest BCUT2D eigenvalue weighted by molar-refractivity contribution is 5.88. The topological polar surface area (TPSA) is 50.4 Å². The summed E-state index contributed by atoms with van der Waals surface area (Å²) in [7, 11) is 0. The lowest BCUT2D eigenvalue weighted by Gasteiger charge is -2.10. The van der Waals surface area contributed by atoms with Gasteiger partial charge in [-0.05, 0) is 60.0 Å². The molecule has 138 valence electrons. The Hall–Kier alpha value is -3.27. The van der Waals surface area contributed by atoms with Crippen LogP contribution < -0.4 is 15.4 Å². The predicted molar refractivity (Wildman–Crippen MR) is 110 cm³/mol. The third-order valence-corrected chi connectivity index (χ3v) is 4.28. The van der Waals surface area contributed by atoms with E-state index in [0.717, 1.165) is 23.7 Å². The second-order valence-electron chi connectivity index (χ2n) is 6.47. The molecule has 0 unspecified atom stereocenters. The lowest BCUT2D eigenvalue weighted by Crippen LogP contribution is -2.05. The third-order valence-electron chi connectivity index (χ3n) is 4.28. The van der Waals surface area contributed by atoms with Crippen molar-refractivity contribution in [2.75, 3.05) is 10.6 Å². The SMILES string of the molecule is CC(=O)Nc1ccc(NCc2ccc(OCc3ccccc3C)cc2)cc1. The summed E-state index contributed by atoms with van der Waals surface area (Å²) >= 11 is 0. The fourth-order valence-electron chi connectivity index (χ4n) is 2.72. The average molecular weight is 360 g/mol. The smallest absolute Gasteiger partial charge is 0.221 e. The van der Waals surface area contributed by atoms with Crippen molar-refractivity contribution in [3.05, 3.63) is 89.5 Å². The van der Waals surface area contributed by atoms with Crippen molar-refractivity contribution < 1.29 is 9.53 Å². The Bertz CT molecular complexity index is 887. The van der Waals surface area contributed by atoms with Gasteiger partial charge >= 0.3 is 0 Å². The first kappa shape index (κ1) is 18.5. The Morgan fingerprint density at radius 1 is 0.889 bits per heavy atom. The van der Waals surface area contributed by atoms with E-state index in [2.05, 4.69) is 41.8 Å². The van der Waals surface area contributed by atoms with Crippen LogP contribution in [0.3, 0.4) is 0 Å². The minimum Gasteiger partial charge on any atom is -0.489 e. The van der Waals surface area contributed by atoms with Crippen LogP contribution in [0.5, 0.6) is 5.75 Å². The standard InChI is InChI=1S/C23H24N2O2/c1-17-5-3-4-6-20(17)16-27-23-13-7-19(8-14-23)15-24-21-9-11-22(12-10-21)25-18(2)26/h3-14,24H,15-16H2,1-2H3,(H,25,26). The Morgan fingerprint density at radius 2 is 1.56 bits per heavy atom.